The van der Waals surface area contributed by atoms with Crippen molar-refractivity contribution in [2.75, 3.05) is 6.61 Å². The monoisotopic (exact) mass is 254 g/mol. The van der Waals surface area contributed by atoms with Crippen molar-refractivity contribution in [2.24, 2.45) is 0 Å². The number of aromatic nitrogens is 1. The summed E-state index contributed by atoms with van der Waals surface area (Å²) in [6.07, 6.45) is 4.68. The Labute approximate surface area is 113 Å². The second-order valence-electron chi connectivity index (χ2n) is 4.97. The van der Waals surface area contributed by atoms with E-state index < -0.39 is 0 Å². The van der Waals surface area contributed by atoms with Crippen LogP contribution < -0.4 is 10.1 Å². The zero-order chi connectivity index (χ0) is 13.1. The molecule has 1 aliphatic rings. The molecule has 0 fully saturated rings. The third kappa shape index (κ3) is 2.76. The van der Waals surface area contributed by atoms with E-state index in [1.165, 1.54) is 16.7 Å². The van der Waals surface area contributed by atoms with Gasteiger partial charge in [-0.2, -0.15) is 0 Å². The van der Waals surface area contributed by atoms with Crippen LogP contribution in [0.5, 0.6) is 5.75 Å². The number of nitrogens with one attached hydrogen (secondary N) is 1. The summed E-state index contributed by atoms with van der Waals surface area (Å²) in [6.45, 7) is 3.76. The van der Waals surface area contributed by atoms with E-state index in [1.807, 2.05) is 24.5 Å². The lowest BCUT2D eigenvalue weighted by Gasteiger charge is -2.27. The molecule has 3 nitrogen and oxygen atoms in total. The molecule has 0 aliphatic carbocycles. The van der Waals surface area contributed by atoms with Crippen LogP contribution in [0, 0.1) is 6.92 Å². The average molecular weight is 254 g/mol. The number of rotatable bonds is 3. The lowest BCUT2D eigenvalue weighted by molar-refractivity contribution is 0.252. The van der Waals surface area contributed by atoms with Crippen LogP contribution in [0.3, 0.4) is 0 Å². The number of benzene rings is 1. The predicted molar refractivity (Wildman–Crippen MR) is 75.1 cm³/mol. The van der Waals surface area contributed by atoms with Crippen LogP contribution in [0.15, 0.2) is 42.7 Å². The van der Waals surface area contributed by atoms with Crippen LogP contribution in [0.4, 0.5) is 0 Å². The molecule has 0 amide bonds. The first-order valence-corrected chi connectivity index (χ1v) is 6.68. The van der Waals surface area contributed by atoms with Crippen molar-refractivity contribution < 1.29 is 4.74 Å². The molecule has 0 spiro atoms. The maximum Gasteiger partial charge on any atom is 0.124 e. The number of fused-ring (bicyclic) bond motifs is 1. The average Bonchev–Trinajstić information content (AvgIpc) is 2.46. The first-order valence-electron chi connectivity index (χ1n) is 6.68. The normalized spacial score (nSPS) is 17.6. The molecule has 1 aromatic heterocycles. The minimum atomic E-state index is 0.372. The van der Waals surface area contributed by atoms with Gasteiger partial charge in [0.15, 0.2) is 0 Å². The Bertz CT molecular complexity index is 554. The van der Waals surface area contributed by atoms with Crippen LogP contribution in [-0.2, 0) is 6.54 Å². The van der Waals surface area contributed by atoms with Crippen molar-refractivity contribution in [3.8, 4) is 5.75 Å². The minimum absolute atomic E-state index is 0.372. The molecular formula is C16H18N2O. The van der Waals surface area contributed by atoms with Crippen molar-refractivity contribution in [1.29, 1.82) is 0 Å². The minimum Gasteiger partial charge on any atom is -0.493 e. The summed E-state index contributed by atoms with van der Waals surface area (Å²) in [5.74, 6) is 1.02. The molecule has 1 atom stereocenters. The lowest BCUT2D eigenvalue weighted by Crippen LogP contribution is -2.26. The number of hydrogen-bond acceptors (Lipinski definition) is 3. The maximum atomic E-state index is 5.71. The van der Waals surface area contributed by atoms with Gasteiger partial charge in [-0.1, -0.05) is 17.7 Å². The topological polar surface area (TPSA) is 34.2 Å². The summed E-state index contributed by atoms with van der Waals surface area (Å²) < 4.78 is 5.71. The van der Waals surface area contributed by atoms with Crippen molar-refractivity contribution in [2.45, 2.75) is 25.9 Å². The first-order chi connectivity index (χ1) is 9.33. The maximum absolute atomic E-state index is 5.71. The van der Waals surface area contributed by atoms with Crippen molar-refractivity contribution in [1.82, 2.24) is 10.3 Å². The Morgan fingerprint density at radius 3 is 2.95 bits per heavy atom. The van der Waals surface area contributed by atoms with Gasteiger partial charge < -0.3 is 10.1 Å². The van der Waals surface area contributed by atoms with Crippen molar-refractivity contribution in [3.63, 3.8) is 0 Å². The molecule has 2 aromatic rings. The Morgan fingerprint density at radius 2 is 2.11 bits per heavy atom. The predicted octanol–water partition coefficient (Wildman–Crippen LogP) is 3.00. The van der Waals surface area contributed by atoms with Gasteiger partial charge in [-0.3, -0.25) is 4.98 Å². The molecule has 0 bridgehead atoms. The van der Waals surface area contributed by atoms with E-state index in [4.69, 9.17) is 4.74 Å². The zero-order valence-electron chi connectivity index (χ0n) is 11.1. The second kappa shape index (κ2) is 5.41. The number of ether oxygens (including phenoxy) is 1. The van der Waals surface area contributed by atoms with Crippen LogP contribution in [0.1, 0.15) is 29.2 Å². The molecule has 3 rings (SSSR count). The van der Waals surface area contributed by atoms with E-state index in [0.29, 0.717) is 6.04 Å². The quantitative estimate of drug-likeness (QED) is 0.914. The number of pyridine rings is 1. The molecule has 1 aliphatic heterocycles. The van der Waals surface area contributed by atoms with Gasteiger partial charge in [0, 0.05) is 37.0 Å². The van der Waals surface area contributed by atoms with E-state index >= 15 is 0 Å². The summed E-state index contributed by atoms with van der Waals surface area (Å²) >= 11 is 0. The largest absolute Gasteiger partial charge is 0.493 e. The summed E-state index contributed by atoms with van der Waals surface area (Å²) in [5, 5.41) is 3.61. The van der Waals surface area contributed by atoms with Crippen molar-refractivity contribution in [3.05, 3.63) is 59.4 Å². The van der Waals surface area contributed by atoms with E-state index in [0.717, 1.165) is 25.3 Å². The van der Waals surface area contributed by atoms with Gasteiger partial charge in [0.05, 0.1) is 6.61 Å². The van der Waals surface area contributed by atoms with E-state index in [9.17, 15) is 0 Å². The molecule has 0 saturated carbocycles. The van der Waals surface area contributed by atoms with Gasteiger partial charge in [-0.05, 0) is 30.7 Å². The molecule has 1 N–H and O–H groups in total. The molecule has 19 heavy (non-hydrogen) atoms. The molecule has 1 aromatic carbocycles. The highest BCUT2D eigenvalue weighted by Crippen LogP contribution is 2.32. The fourth-order valence-electron chi connectivity index (χ4n) is 2.47. The molecule has 0 radical (unpaired) electrons. The molecule has 3 heteroatoms. The van der Waals surface area contributed by atoms with Crippen molar-refractivity contribution >= 4 is 0 Å². The Hall–Kier alpha value is -1.87. The van der Waals surface area contributed by atoms with E-state index in [2.05, 4.69) is 35.4 Å². The molecular weight excluding hydrogens is 236 g/mol. The Balaban J connectivity index is 1.75. The highest BCUT2D eigenvalue weighted by atomic mass is 16.5. The second-order valence-corrected chi connectivity index (χ2v) is 4.97. The molecule has 1 unspecified atom stereocenters. The number of nitrogens with zero attached hydrogens (tertiary/aromatic N) is 1. The summed E-state index contributed by atoms with van der Waals surface area (Å²) in [4.78, 5) is 4.04. The van der Waals surface area contributed by atoms with Gasteiger partial charge in [0.25, 0.3) is 0 Å². The highest BCUT2D eigenvalue weighted by molar-refractivity contribution is 5.40. The SMILES string of the molecule is Cc1ccc2c(c1)C(NCc1ccncc1)CCO2. The van der Waals surface area contributed by atoms with Gasteiger partial charge in [0.1, 0.15) is 5.75 Å². The lowest BCUT2D eigenvalue weighted by atomic mass is 9.98. The van der Waals surface area contributed by atoms with Gasteiger partial charge in [0.2, 0.25) is 0 Å². The van der Waals surface area contributed by atoms with E-state index in [1.54, 1.807) is 0 Å². The Kier molecular flexibility index (Phi) is 3.47. The fourth-order valence-corrected chi connectivity index (χ4v) is 2.47. The van der Waals surface area contributed by atoms with Crippen LogP contribution in [0.25, 0.3) is 0 Å². The van der Waals surface area contributed by atoms with Gasteiger partial charge >= 0.3 is 0 Å². The fraction of sp³-hybridized carbons (Fsp3) is 0.312. The molecule has 98 valence electrons. The van der Waals surface area contributed by atoms with Crippen LogP contribution in [0.2, 0.25) is 0 Å². The summed E-state index contributed by atoms with van der Waals surface area (Å²) in [7, 11) is 0. The first kappa shape index (κ1) is 12.2. The highest BCUT2D eigenvalue weighted by Gasteiger charge is 2.20. The standard InChI is InChI=1S/C16H18N2O/c1-12-2-3-16-14(10-12)15(6-9-19-16)18-11-13-4-7-17-8-5-13/h2-5,7-8,10,15,18H,6,9,11H2,1H3. The smallest absolute Gasteiger partial charge is 0.124 e. The summed E-state index contributed by atoms with van der Waals surface area (Å²) in [6, 6.07) is 10.9. The van der Waals surface area contributed by atoms with Gasteiger partial charge in [-0.15, -0.1) is 0 Å². The van der Waals surface area contributed by atoms with Crippen LogP contribution in [-0.4, -0.2) is 11.6 Å². The molecule has 2 heterocycles. The van der Waals surface area contributed by atoms with E-state index in [-0.39, 0.29) is 0 Å². The summed E-state index contributed by atoms with van der Waals surface area (Å²) in [5.41, 5.74) is 3.82. The van der Waals surface area contributed by atoms with Crippen LogP contribution >= 0.6 is 0 Å². The molecule has 0 saturated heterocycles. The third-order valence-corrected chi connectivity index (χ3v) is 3.51. The third-order valence-electron chi connectivity index (χ3n) is 3.51. The number of hydrogen-bond donors (Lipinski definition) is 1. The Morgan fingerprint density at radius 1 is 1.26 bits per heavy atom. The zero-order valence-corrected chi connectivity index (χ0v) is 11.1. The van der Waals surface area contributed by atoms with Gasteiger partial charge in [-0.25, -0.2) is 0 Å². The number of aryl methyl sites for hydroxylation is 1.